The van der Waals surface area contributed by atoms with E-state index in [0.29, 0.717) is 36.9 Å². The van der Waals surface area contributed by atoms with E-state index in [-0.39, 0.29) is 22.5 Å². The van der Waals surface area contributed by atoms with Gasteiger partial charge in [0.25, 0.3) is 0 Å². The quantitative estimate of drug-likeness (QED) is 0.411. The van der Waals surface area contributed by atoms with Crippen molar-refractivity contribution in [2.75, 3.05) is 25.4 Å². The Labute approximate surface area is 200 Å². The third-order valence-electron chi connectivity index (χ3n) is 5.65. The number of rotatable bonds is 11. The smallest absolute Gasteiger partial charge is 0.243 e. The topological polar surface area (TPSA) is 84.3 Å². The number of aromatic nitrogens is 2. The highest BCUT2D eigenvalue weighted by molar-refractivity contribution is 7.99. The zero-order chi connectivity index (χ0) is 24.0. The van der Waals surface area contributed by atoms with Crippen LogP contribution in [0.1, 0.15) is 39.2 Å². The van der Waals surface area contributed by atoms with E-state index < -0.39 is 10.0 Å². The van der Waals surface area contributed by atoms with E-state index in [4.69, 9.17) is 0 Å². The Balaban J connectivity index is 1.70. The zero-order valence-corrected chi connectivity index (χ0v) is 21.2. The standard InChI is InChI=1S/C24H32N4O3S2/c1-5-27(6-2)33(30,31)20-13-14-22-21(15-20)26-24(28(22)7-3)32-17-23(29)25-16-18(4)19-11-9-8-10-12-19/h8-15,18H,5-7,16-17H2,1-4H3,(H,25,29). The lowest BCUT2D eigenvalue weighted by Gasteiger charge is -2.18. The molecule has 1 heterocycles. The van der Waals surface area contributed by atoms with E-state index in [0.717, 1.165) is 5.52 Å². The molecule has 0 aliphatic carbocycles. The third-order valence-corrected chi connectivity index (χ3v) is 8.67. The van der Waals surface area contributed by atoms with Gasteiger partial charge in [-0.2, -0.15) is 4.31 Å². The SMILES string of the molecule is CCN(CC)S(=O)(=O)c1ccc2c(c1)nc(SCC(=O)NCC(C)c1ccccc1)n2CC. The van der Waals surface area contributed by atoms with Crippen LogP contribution in [0, 0.1) is 0 Å². The van der Waals surface area contributed by atoms with Crippen LogP contribution in [-0.4, -0.2) is 53.6 Å². The van der Waals surface area contributed by atoms with E-state index in [1.807, 2.05) is 43.5 Å². The summed E-state index contributed by atoms with van der Waals surface area (Å²) >= 11 is 1.36. The average molecular weight is 489 g/mol. The number of hydrogen-bond donors (Lipinski definition) is 1. The minimum absolute atomic E-state index is 0.0534. The fraction of sp³-hybridized carbons (Fsp3) is 0.417. The maximum atomic E-state index is 12.9. The number of carbonyl (C=O) groups excluding carboxylic acids is 1. The van der Waals surface area contributed by atoms with Crippen molar-refractivity contribution in [1.29, 1.82) is 0 Å². The van der Waals surface area contributed by atoms with E-state index >= 15 is 0 Å². The number of hydrogen-bond acceptors (Lipinski definition) is 5. The van der Waals surface area contributed by atoms with E-state index in [2.05, 4.69) is 29.4 Å². The van der Waals surface area contributed by atoms with Gasteiger partial charge in [-0.3, -0.25) is 4.79 Å². The lowest BCUT2D eigenvalue weighted by atomic mass is 10.0. The summed E-state index contributed by atoms with van der Waals surface area (Å²) in [4.78, 5) is 17.3. The number of benzene rings is 2. The van der Waals surface area contributed by atoms with Crippen LogP contribution in [0.2, 0.25) is 0 Å². The summed E-state index contributed by atoms with van der Waals surface area (Å²) in [5.74, 6) is 0.420. The van der Waals surface area contributed by atoms with Crippen LogP contribution >= 0.6 is 11.8 Å². The lowest BCUT2D eigenvalue weighted by Crippen LogP contribution is -2.30. The predicted octanol–water partition coefficient (Wildman–Crippen LogP) is 4.10. The highest BCUT2D eigenvalue weighted by Crippen LogP contribution is 2.27. The first-order chi connectivity index (χ1) is 15.8. The molecule has 0 aliphatic rings. The molecule has 0 spiro atoms. The fourth-order valence-electron chi connectivity index (χ4n) is 3.72. The summed E-state index contributed by atoms with van der Waals surface area (Å²) in [6, 6.07) is 15.2. The summed E-state index contributed by atoms with van der Waals surface area (Å²) in [6.07, 6.45) is 0. The molecule has 1 atom stereocenters. The first-order valence-corrected chi connectivity index (χ1v) is 13.7. The monoisotopic (exact) mass is 488 g/mol. The van der Waals surface area contributed by atoms with Crippen molar-refractivity contribution in [2.45, 2.75) is 50.2 Å². The molecule has 1 unspecified atom stereocenters. The molecule has 7 nitrogen and oxygen atoms in total. The Morgan fingerprint density at radius 1 is 1.12 bits per heavy atom. The summed E-state index contributed by atoms with van der Waals surface area (Å²) in [5.41, 5.74) is 2.66. The second-order valence-electron chi connectivity index (χ2n) is 7.78. The van der Waals surface area contributed by atoms with Crippen LogP contribution in [0.5, 0.6) is 0 Å². The molecule has 178 valence electrons. The van der Waals surface area contributed by atoms with E-state index in [9.17, 15) is 13.2 Å². The van der Waals surface area contributed by atoms with Crippen LogP contribution in [-0.2, 0) is 21.4 Å². The fourth-order valence-corrected chi connectivity index (χ4v) is 6.11. The summed E-state index contributed by atoms with van der Waals surface area (Å²) < 4.78 is 29.2. The molecule has 1 aromatic heterocycles. The van der Waals surface area contributed by atoms with Crippen LogP contribution in [0.15, 0.2) is 58.6 Å². The maximum absolute atomic E-state index is 12.9. The zero-order valence-electron chi connectivity index (χ0n) is 19.6. The van der Waals surface area contributed by atoms with Gasteiger partial charge in [0.15, 0.2) is 5.16 Å². The second-order valence-corrected chi connectivity index (χ2v) is 10.7. The van der Waals surface area contributed by atoms with Gasteiger partial charge in [0, 0.05) is 26.2 Å². The van der Waals surface area contributed by atoms with Crippen molar-refractivity contribution in [3.63, 3.8) is 0 Å². The molecular formula is C24H32N4O3S2. The Morgan fingerprint density at radius 2 is 1.82 bits per heavy atom. The number of aryl methyl sites for hydroxylation is 1. The highest BCUT2D eigenvalue weighted by Gasteiger charge is 2.23. The molecule has 9 heteroatoms. The third kappa shape index (κ3) is 5.77. The minimum atomic E-state index is -3.55. The average Bonchev–Trinajstić information content (AvgIpc) is 3.19. The first-order valence-electron chi connectivity index (χ1n) is 11.3. The summed E-state index contributed by atoms with van der Waals surface area (Å²) in [7, 11) is -3.55. The van der Waals surface area contributed by atoms with Gasteiger partial charge in [-0.25, -0.2) is 13.4 Å². The molecule has 1 N–H and O–H groups in total. The molecular weight excluding hydrogens is 456 g/mol. The minimum Gasteiger partial charge on any atom is -0.355 e. The van der Waals surface area contributed by atoms with Crippen molar-refractivity contribution in [2.24, 2.45) is 0 Å². The van der Waals surface area contributed by atoms with Gasteiger partial charge in [-0.1, -0.05) is 62.9 Å². The molecule has 3 aromatic rings. The number of thioether (sulfide) groups is 1. The van der Waals surface area contributed by atoms with Crippen molar-refractivity contribution >= 4 is 38.7 Å². The van der Waals surface area contributed by atoms with Crippen LogP contribution in [0.4, 0.5) is 0 Å². The summed E-state index contributed by atoms with van der Waals surface area (Å²) in [6.45, 7) is 9.82. The van der Waals surface area contributed by atoms with E-state index in [1.165, 1.54) is 21.6 Å². The number of imidazole rings is 1. The molecule has 0 radical (unpaired) electrons. The number of fused-ring (bicyclic) bond motifs is 1. The maximum Gasteiger partial charge on any atom is 0.243 e. The largest absolute Gasteiger partial charge is 0.355 e. The number of sulfonamides is 1. The van der Waals surface area contributed by atoms with Crippen molar-refractivity contribution in [1.82, 2.24) is 19.2 Å². The molecule has 0 saturated heterocycles. The second kappa shape index (κ2) is 11.2. The summed E-state index contributed by atoms with van der Waals surface area (Å²) in [5, 5.41) is 3.70. The van der Waals surface area contributed by atoms with Gasteiger partial charge in [-0.05, 0) is 36.6 Å². The lowest BCUT2D eigenvalue weighted by molar-refractivity contribution is -0.118. The number of nitrogens with zero attached hydrogens (tertiary/aromatic N) is 3. The predicted molar refractivity (Wildman–Crippen MR) is 134 cm³/mol. The van der Waals surface area contributed by atoms with Gasteiger partial charge in [-0.15, -0.1) is 0 Å². The van der Waals surface area contributed by atoms with Gasteiger partial charge in [0.2, 0.25) is 15.9 Å². The Bertz CT molecular complexity index is 1190. The molecule has 0 fully saturated rings. The molecule has 0 aliphatic heterocycles. The van der Waals surface area contributed by atoms with Gasteiger partial charge in [0.05, 0.1) is 21.7 Å². The number of carbonyl (C=O) groups is 1. The van der Waals surface area contributed by atoms with Crippen LogP contribution in [0.3, 0.4) is 0 Å². The number of nitrogens with one attached hydrogen (secondary N) is 1. The molecule has 3 rings (SSSR count). The van der Waals surface area contributed by atoms with Crippen LogP contribution in [0.25, 0.3) is 11.0 Å². The van der Waals surface area contributed by atoms with Gasteiger partial charge < -0.3 is 9.88 Å². The number of amides is 1. The van der Waals surface area contributed by atoms with Gasteiger partial charge in [0.1, 0.15) is 0 Å². The van der Waals surface area contributed by atoms with E-state index in [1.54, 1.807) is 18.2 Å². The van der Waals surface area contributed by atoms with Crippen molar-refractivity contribution in [3.8, 4) is 0 Å². The normalized spacial score (nSPS) is 12.9. The molecule has 1 amide bonds. The van der Waals surface area contributed by atoms with Crippen molar-refractivity contribution < 1.29 is 13.2 Å². The molecule has 0 saturated carbocycles. The highest BCUT2D eigenvalue weighted by atomic mass is 32.2. The molecule has 2 aromatic carbocycles. The first kappa shape index (κ1) is 25.3. The van der Waals surface area contributed by atoms with Gasteiger partial charge >= 0.3 is 0 Å². The Hall–Kier alpha value is -2.36. The Kier molecular flexibility index (Phi) is 8.56. The van der Waals surface area contributed by atoms with Crippen molar-refractivity contribution in [3.05, 3.63) is 54.1 Å². The van der Waals surface area contributed by atoms with Crippen LogP contribution < -0.4 is 5.32 Å². The molecule has 33 heavy (non-hydrogen) atoms. The molecule has 0 bridgehead atoms. The Morgan fingerprint density at radius 3 is 2.45 bits per heavy atom.